The molecule has 1 aliphatic rings. The van der Waals surface area contributed by atoms with Crippen LogP contribution in [0.2, 0.25) is 0 Å². The summed E-state index contributed by atoms with van der Waals surface area (Å²) >= 11 is 1.07. The Morgan fingerprint density at radius 3 is 2.13 bits per heavy atom. The number of benzene rings is 3. The van der Waals surface area contributed by atoms with E-state index in [9.17, 15) is 29.1 Å². The van der Waals surface area contributed by atoms with E-state index in [0.717, 1.165) is 59.4 Å². The van der Waals surface area contributed by atoms with Gasteiger partial charge in [0.2, 0.25) is 11.8 Å². The molecule has 4 aromatic rings. The number of nitrogens with one attached hydrogen (secondary N) is 2. The fourth-order valence-electron chi connectivity index (χ4n) is 7.87. The Morgan fingerprint density at radius 1 is 0.867 bits per heavy atom. The molecule has 3 amide bonds. The van der Waals surface area contributed by atoms with Crippen molar-refractivity contribution in [3.8, 4) is 11.1 Å². The summed E-state index contributed by atoms with van der Waals surface area (Å²) in [7, 11) is 1.95. The van der Waals surface area contributed by atoms with E-state index in [-0.39, 0.29) is 65.6 Å². The molecular formula is C48H61N5O6S. The standard InChI is InChI=1S/C48H61N5O6S/c1-7-32(4)43(51-45(56)40-20-14-15-25-52(40)6)47(57)53(29-35-16-10-8-11-17-35)41(31(2)3)28-42(54)46-50-39(30-60-46)44(55)49-38(26-33(5)48(58)59)27-34-21-23-37(24-22-34)36-18-12-9-13-19-36/h8-13,16-19,21-24,30-33,38,40-41,43H,7,14-15,20,25-29H2,1-6H3,(H,49,55)(H,51,56)(H,58,59)/t32?,33-,38+,40?,41+,43?/m0/s1. The monoisotopic (exact) mass is 835 g/mol. The van der Waals surface area contributed by atoms with Gasteiger partial charge in [0.05, 0.1) is 12.0 Å². The number of aliphatic carboxylic acids is 1. The molecule has 3 unspecified atom stereocenters. The van der Waals surface area contributed by atoms with Crippen molar-refractivity contribution in [2.24, 2.45) is 17.8 Å². The summed E-state index contributed by atoms with van der Waals surface area (Å²) in [5.74, 6) is -3.14. The summed E-state index contributed by atoms with van der Waals surface area (Å²) in [6.45, 7) is 10.6. The molecule has 1 fully saturated rings. The first kappa shape index (κ1) is 45.9. The molecule has 6 atom stereocenters. The number of nitrogens with zero attached hydrogens (tertiary/aromatic N) is 3. The molecule has 11 nitrogen and oxygen atoms in total. The minimum atomic E-state index is -0.954. The minimum Gasteiger partial charge on any atom is -0.481 e. The zero-order chi connectivity index (χ0) is 43.3. The molecule has 3 N–H and O–H groups in total. The summed E-state index contributed by atoms with van der Waals surface area (Å²) < 4.78 is 0. The number of carbonyl (C=O) groups is 5. The molecule has 1 aromatic heterocycles. The quantitative estimate of drug-likeness (QED) is 0.0762. The second-order valence-corrected chi connectivity index (χ2v) is 17.6. The van der Waals surface area contributed by atoms with Crippen molar-refractivity contribution in [2.75, 3.05) is 13.6 Å². The number of Topliss-reactive ketones (excluding diaryl/α,β-unsaturated/α-hetero) is 1. The van der Waals surface area contributed by atoms with E-state index >= 15 is 0 Å². The number of thiazole rings is 1. The number of carboxylic acid groups (broad SMARTS) is 1. The number of rotatable bonds is 20. The number of amides is 3. The highest BCUT2D eigenvalue weighted by Crippen LogP contribution is 2.26. The van der Waals surface area contributed by atoms with Gasteiger partial charge < -0.3 is 20.6 Å². The van der Waals surface area contributed by atoms with E-state index in [1.54, 1.807) is 17.2 Å². The maximum absolute atomic E-state index is 14.8. The van der Waals surface area contributed by atoms with Crippen molar-refractivity contribution in [1.82, 2.24) is 25.4 Å². The Hall–Kier alpha value is -5.20. The van der Waals surface area contributed by atoms with Crippen LogP contribution < -0.4 is 10.6 Å². The van der Waals surface area contributed by atoms with Crippen LogP contribution in [-0.2, 0) is 27.3 Å². The highest BCUT2D eigenvalue weighted by molar-refractivity contribution is 7.12. The summed E-state index contributed by atoms with van der Waals surface area (Å²) in [5, 5.41) is 17.5. The number of carboxylic acids is 1. The third-order valence-electron chi connectivity index (χ3n) is 11.8. The summed E-state index contributed by atoms with van der Waals surface area (Å²) in [6, 6.07) is 25.5. The van der Waals surface area contributed by atoms with Crippen molar-refractivity contribution >= 4 is 40.8 Å². The van der Waals surface area contributed by atoms with Gasteiger partial charge in [-0.3, -0.25) is 28.9 Å². The first-order valence-electron chi connectivity index (χ1n) is 21.3. The number of ketones is 1. The Morgan fingerprint density at radius 2 is 1.52 bits per heavy atom. The molecule has 12 heteroatoms. The van der Waals surface area contributed by atoms with Crippen LogP contribution in [0.3, 0.4) is 0 Å². The number of hydrogen-bond donors (Lipinski definition) is 3. The van der Waals surface area contributed by atoms with Gasteiger partial charge in [0, 0.05) is 30.4 Å². The second-order valence-electron chi connectivity index (χ2n) is 16.7. The van der Waals surface area contributed by atoms with Crippen molar-refractivity contribution in [3.63, 3.8) is 0 Å². The average Bonchev–Trinajstić information content (AvgIpc) is 3.75. The van der Waals surface area contributed by atoms with Crippen LogP contribution in [-0.4, -0.2) is 87.1 Å². The summed E-state index contributed by atoms with van der Waals surface area (Å²) in [6.07, 6.45) is 3.97. The van der Waals surface area contributed by atoms with Gasteiger partial charge in [-0.25, -0.2) is 4.98 Å². The van der Waals surface area contributed by atoms with Gasteiger partial charge in [-0.05, 0) is 73.4 Å². The molecule has 0 spiro atoms. The van der Waals surface area contributed by atoms with E-state index in [4.69, 9.17) is 0 Å². The Labute approximate surface area is 359 Å². The first-order chi connectivity index (χ1) is 28.7. The number of hydrogen-bond acceptors (Lipinski definition) is 8. The lowest BCUT2D eigenvalue weighted by molar-refractivity contribution is -0.142. The lowest BCUT2D eigenvalue weighted by Crippen LogP contribution is -2.58. The van der Waals surface area contributed by atoms with Crippen LogP contribution >= 0.6 is 11.3 Å². The van der Waals surface area contributed by atoms with Gasteiger partial charge in [-0.2, -0.15) is 0 Å². The normalized spacial score (nSPS) is 16.9. The molecule has 5 rings (SSSR count). The van der Waals surface area contributed by atoms with Crippen molar-refractivity contribution in [2.45, 2.75) is 110 Å². The van der Waals surface area contributed by atoms with Crippen molar-refractivity contribution in [1.29, 1.82) is 0 Å². The van der Waals surface area contributed by atoms with Crippen molar-refractivity contribution in [3.05, 3.63) is 112 Å². The third kappa shape index (κ3) is 12.4. The van der Waals surface area contributed by atoms with Crippen molar-refractivity contribution < 1.29 is 29.1 Å². The molecule has 0 saturated carbocycles. The van der Waals surface area contributed by atoms with E-state index in [1.807, 2.05) is 120 Å². The van der Waals surface area contributed by atoms with Gasteiger partial charge in [0.25, 0.3) is 5.91 Å². The molecule has 320 valence electrons. The molecule has 60 heavy (non-hydrogen) atoms. The fourth-order valence-corrected chi connectivity index (χ4v) is 8.62. The SMILES string of the molecule is CCC(C)C(NC(=O)C1CCCCN1C)C(=O)N(Cc1ccccc1)[C@H](CC(=O)c1nc(C(=O)N[C@@H](Cc2ccc(-c3ccccc3)cc2)C[C@H](C)C(=O)O)cs1)C(C)C. The third-order valence-corrected chi connectivity index (χ3v) is 12.7. The number of piperidine rings is 1. The molecule has 0 aliphatic carbocycles. The predicted octanol–water partition coefficient (Wildman–Crippen LogP) is 7.90. The lowest BCUT2D eigenvalue weighted by atomic mass is 9.92. The van der Waals surface area contributed by atoms with Gasteiger partial charge in [0.1, 0.15) is 11.7 Å². The first-order valence-corrected chi connectivity index (χ1v) is 22.1. The van der Waals surface area contributed by atoms with Crippen LogP contribution in [0.5, 0.6) is 0 Å². The largest absolute Gasteiger partial charge is 0.481 e. The average molecular weight is 836 g/mol. The predicted molar refractivity (Wildman–Crippen MR) is 237 cm³/mol. The highest BCUT2D eigenvalue weighted by atomic mass is 32.1. The van der Waals surface area contributed by atoms with Crippen LogP contribution in [0, 0.1) is 17.8 Å². The van der Waals surface area contributed by atoms with Crippen LogP contribution in [0.15, 0.2) is 90.3 Å². The van der Waals surface area contributed by atoms with E-state index in [2.05, 4.69) is 20.5 Å². The van der Waals surface area contributed by atoms with Gasteiger partial charge in [-0.15, -0.1) is 11.3 Å². The second kappa shape index (κ2) is 21.9. The van der Waals surface area contributed by atoms with E-state index in [0.29, 0.717) is 12.8 Å². The molecule has 0 radical (unpaired) electrons. The lowest BCUT2D eigenvalue weighted by Gasteiger charge is -2.39. The van der Waals surface area contributed by atoms with E-state index in [1.165, 1.54) is 0 Å². The highest BCUT2D eigenvalue weighted by Gasteiger charge is 2.38. The van der Waals surface area contributed by atoms with Crippen LogP contribution in [0.1, 0.15) is 105 Å². The minimum absolute atomic E-state index is 0.0327. The van der Waals surface area contributed by atoms with Gasteiger partial charge >= 0.3 is 5.97 Å². The zero-order valence-corrected chi connectivity index (χ0v) is 36.6. The Balaban J connectivity index is 1.34. The maximum Gasteiger partial charge on any atom is 0.306 e. The molecule has 1 saturated heterocycles. The molecule has 2 heterocycles. The maximum atomic E-state index is 14.8. The molecule has 3 aromatic carbocycles. The zero-order valence-electron chi connectivity index (χ0n) is 35.8. The summed E-state index contributed by atoms with van der Waals surface area (Å²) in [5.41, 5.74) is 4.05. The van der Waals surface area contributed by atoms with Crippen LogP contribution in [0.25, 0.3) is 11.1 Å². The Kier molecular flexibility index (Phi) is 16.7. The number of aromatic nitrogens is 1. The molecule has 1 aliphatic heterocycles. The van der Waals surface area contributed by atoms with Gasteiger partial charge in [-0.1, -0.05) is 132 Å². The van der Waals surface area contributed by atoms with Crippen LogP contribution in [0.4, 0.5) is 0 Å². The molecule has 0 bridgehead atoms. The Bertz CT molecular complexity index is 2040. The molecular weight excluding hydrogens is 775 g/mol. The number of carbonyl (C=O) groups excluding carboxylic acids is 4. The van der Waals surface area contributed by atoms with Gasteiger partial charge in [0.15, 0.2) is 10.8 Å². The topological polar surface area (TPSA) is 149 Å². The number of likely N-dealkylation sites (N-methyl/N-ethyl adjacent to an activating group) is 1. The number of likely N-dealkylation sites (tertiary alicyclic amines) is 1. The van der Waals surface area contributed by atoms with E-state index < -0.39 is 35.9 Å². The smallest absolute Gasteiger partial charge is 0.306 e. The fraction of sp³-hybridized carbons (Fsp3) is 0.458. The summed E-state index contributed by atoms with van der Waals surface area (Å²) in [4.78, 5) is 76.5.